The first kappa shape index (κ1) is 20.5. The number of hydrogen-bond donors (Lipinski definition) is 1. The molecule has 2 heterocycles. The zero-order valence-corrected chi connectivity index (χ0v) is 17.6. The summed E-state index contributed by atoms with van der Waals surface area (Å²) < 4.78 is 0. The van der Waals surface area contributed by atoms with Crippen LogP contribution >= 0.6 is 11.3 Å². The lowest BCUT2D eigenvalue weighted by molar-refractivity contribution is -0.384. The van der Waals surface area contributed by atoms with E-state index in [4.69, 9.17) is 0 Å². The topological polar surface area (TPSA) is 101 Å². The fourth-order valence-corrected chi connectivity index (χ4v) is 4.44. The van der Waals surface area contributed by atoms with Crippen LogP contribution in [0.1, 0.15) is 27.6 Å². The number of aliphatic hydroxyl groups excluding tert-OH is 1. The van der Waals surface area contributed by atoms with Crippen LogP contribution in [0, 0.1) is 24.0 Å². The van der Waals surface area contributed by atoms with E-state index in [2.05, 4.69) is 0 Å². The molecule has 1 saturated heterocycles. The van der Waals surface area contributed by atoms with Gasteiger partial charge in [0.15, 0.2) is 0 Å². The van der Waals surface area contributed by atoms with E-state index in [9.17, 15) is 24.8 Å². The van der Waals surface area contributed by atoms with Crippen molar-refractivity contribution in [2.24, 2.45) is 0 Å². The standard InChI is InChI=1S/C23H18N2O5S/c1-13-8-9-16(11-14(13)2)24-20(18-7-4-10-31-18)19(22(27)23(24)28)21(26)15-5-3-6-17(12-15)25(29)30/h3-12,20,26H,1-2H3/b21-19-. The number of carbonyl (C=O) groups excluding carboxylic acids is 2. The van der Waals surface area contributed by atoms with E-state index >= 15 is 0 Å². The Morgan fingerprint density at radius 3 is 2.48 bits per heavy atom. The summed E-state index contributed by atoms with van der Waals surface area (Å²) in [6, 6.07) is 13.6. The van der Waals surface area contributed by atoms with E-state index in [1.807, 2.05) is 31.4 Å². The molecule has 31 heavy (non-hydrogen) atoms. The molecule has 156 valence electrons. The first-order valence-electron chi connectivity index (χ1n) is 9.46. The van der Waals surface area contributed by atoms with Crippen molar-refractivity contribution in [2.75, 3.05) is 4.90 Å². The second-order valence-corrected chi connectivity index (χ2v) is 8.24. The number of carbonyl (C=O) groups is 2. The van der Waals surface area contributed by atoms with Gasteiger partial charge in [-0.15, -0.1) is 11.3 Å². The van der Waals surface area contributed by atoms with Gasteiger partial charge in [-0.3, -0.25) is 24.6 Å². The van der Waals surface area contributed by atoms with E-state index in [0.29, 0.717) is 10.6 Å². The van der Waals surface area contributed by atoms with Crippen molar-refractivity contribution in [1.82, 2.24) is 0 Å². The van der Waals surface area contributed by atoms with Crippen LogP contribution in [0.15, 0.2) is 65.6 Å². The highest BCUT2D eigenvalue weighted by molar-refractivity contribution is 7.10. The molecule has 0 saturated carbocycles. The van der Waals surface area contributed by atoms with Gasteiger partial charge in [0.05, 0.1) is 10.5 Å². The minimum Gasteiger partial charge on any atom is -0.507 e. The SMILES string of the molecule is Cc1ccc(N2C(=O)C(=O)/C(=C(\O)c3cccc([N+](=O)[O-])c3)C2c2cccs2)cc1C. The lowest BCUT2D eigenvalue weighted by Gasteiger charge is -2.24. The molecular weight excluding hydrogens is 416 g/mol. The van der Waals surface area contributed by atoms with E-state index in [1.54, 1.807) is 18.2 Å². The molecule has 4 rings (SSSR count). The number of rotatable bonds is 4. The first-order chi connectivity index (χ1) is 14.8. The zero-order valence-electron chi connectivity index (χ0n) is 16.7. The molecule has 1 unspecified atom stereocenters. The Morgan fingerprint density at radius 2 is 1.84 bits per heavy atom. The summed E-state index contributed by atoms with van der Waals surface area (Å²) in [6.07, 6.45) is 0. The van der Waals surface area contributed by atoms with Crippen molar-refractivity contribution >= 4 is 40.2 Å². The average Bonchev–Trinajstić information content (AvgIpc) is 3.37. The van der Waals surface area contributed by atoms with Crippen LogP contribution in [0.25, 0.3) is 5.76 Å². The number of nitro groups is 1. The third-order valence-corrected chi connectivity index (χ3v) is 6.28. The van der Waals surface area contributed by atoms with Crippen molar-refractivity contribution in [3.8, 4) is 0 Å². The highest BCUT2D eigenvalue weighted by Crippen LogP contribution is 2.44. The monoisotopic (exact) mass is 434 g/mol. The number of Topliss-reactive ketones (excluding diaryl/α,β-unsaturated/α-hetero) is 1. The average molecular weight is 434 g/mol. The van der Waals surface area contributed by atoms with E-state index in [0.717, 1.165) is 11.1 Å². The Hall–Kier alpha value is -3.78. The number of anilines is 1. The zero-order chi connectivity index (χ0) is 22.3. The summed E-state index contributed by atoms with van der Waals surface area (Å²) in [7, 11) is 0. The smallest absolute Gasteiger partial charge is 0.300 e. The molecule has 3 aromatic rings. The van der Waals surface area contributed by atoms with Gasteiger partial charge in [0.25, 0.3) is 17.4 Å². The highest BCUT2D eigenvalue weighted by Gasteiger charge is 2.47. The van der Waals surface area contributed by atoms with Crippen molar-refractivity contribution < 1.29 is 19.6 Å². The Labute approximate surface area is 182 Å². The molecule has 1 aliphatic heterocycles. The molecule has 0 aliphatic carbocycles. The summed E-state index contributed by atoms with van der Waals surface area (Å²) in [5, 5.41) is 24.0. The summed E-state index contributed by atoms with van der Waals surface area (Å²) in [5.41, 5.74) is 2.34. The minimum atomic E-state index is -0.833. The lowest BCUT2D eigenvalue weighted by atomic mass is 9.99. The number of aliphatic hydroxyl groups is 1. The van der Waals surface area contributed by atoms with Gasteiger partial charge in [-0.2, -0.15) is 0 Å². The molecule has 8 heteroatoms. The Bertz CT molecular complexity index is 1250. The summed E-state index contributed by atoms with van der Waals surface area (Å²) in [4.78, 5) is 38.7. The molecule has 1 aliphatic rings. The number of amides is 1. The summed E-state index contributed by atoms with van der Waals surface area (Å²) in [6.45, 7) is 3.87. The number of nitrogens with zero attached hydrogens (tertiary/aromatic N) is 2. The third kappa shape index (κ3) is 3.51. The van der Waals surface area contributed by atoms with Gasteiger partial charge in [0, 0.05) is 28.3 Å². The van der Waals surface area contributed by atoms with Gasteiger partial charge in [-0.1, -0.05) is 24.3 Å². The maximum Gasteiger partial charge on any atom is 0.300 e. The van der Waals surface area contributed by atoms with Crippen LogP contribution in [-0.4, -0.2) is 21.7 Å². The molecule has 0 radical (unpaired) electrons. The number of hydrogen-bond acceptors (Lipinski definition) is 6. The van der Waals surface area contributed by atoms with Crippen LogP contribution in [0.5, 0.6) is 0 Å². The molecule has 7 nitrogen and oxygen atoms in total. The largest absolute Gasteiger partial charge is 0.507 e. The molecule has 0 bridgehead atoms. The summed E-state index contributed by atoms with van der Waals surface area (Å²) in [5.74, 6) is -2.03. The van der Waals surface area contributed by atoms with Crippen molar-refractivity contribution in [1.29, 1.82) is 0 Å². The lowest BCUT2D eigenvalue weighted by Crippen LogP contribution is -2.29. The maximum atomic E-state index is 13.1. The Morgan fingerprint density at radius 1 is 1.06 bits per heavy atom. The quantitative estimate of drug-likeness (QED) is 0.207. The fourth-order valence-electron chi connectivity index (χ4n) is 3.61. The van der Waals surface area contributed by atoms with Crippen LogP contribution in [0.4, 0.5) is 11.4 Å². The van der Waals surface area contributed by atoms with Crippen molar-refractivity contribution in [3.63, 3.8) is 0 Å². The molecule has 1 aromatic heterocycles. The molecule has 1 amide bonds. The predicted molar refractivity (Wildman–Crippen MR) is 118 cm³/mol. The molecule has 0 spiro atoms. The van der Waals surface area contributed by atoms with Crippen LogP contribution in [-0.2, 0) is 9.59 Å². The molecule has 2 aromatic carbocycles. The van der Waals surface area contributed by atoms with E-state index < -0.39 is 28.4 Å². The van der Waals surface area contributed by atoms with E-state index in [1.165, 1.54) is 40.5 Å². The third-order valence-electron chi connectivity index (χ3n) is 5.36. The predicted octanol–water partition coefficient (Wildman–Crippen LogP) is 4.90. The maximum absolute atomic E-state index is 13.1. The van der Waals surface area contributed by atoms with E-state index in [-0.39, 0.29) is 16.8 Å². The minimum absolute atomic E-state index is 0.0915. The normalized spacial score (nSPS) is 17.9. The number of ketones is 1. The van der Waals surface area contributed by atoms with Crippen LogP contribution in [0.3, 0.4) is 0 Å². The number of non-ortho nitro benzene ring substituents is 1. The van der Waals surface area contributed by atoms with Gasteiger partial charge in [0.1, 0.15) is 11.8 Å². The fraction of sp³-hybridized carbons (Fsp3) is 0.130. The van der Waals surface area contributed by atoms with Gasteiger partial charge < -0.3 is 5.11 Å². The van der Waals surface area contributed by atoms with Gasteiger partial charge in [-0.05, 0) is 48.6 Å². The molecule has 1 atom stereocenters. The van der Waals surface area contributed by atoms with Gasteiger partial charge >= 0.3 is 0 Å². The molecule has 1 fully saturated rings. The highest BCUT2D eigenvalue weighted by atomic mass is 32.1. The Kier molecular flexibility index (Phi) is 5.16. The van der Waals surface area contributed by atoms with Crippen LogP contribution < -0.4 is 4.90 Å². The summed E-state index contributed by atoms with van der Waals surface area (Å²) >= 11 is 1.35. The first-order valence-corrected chi connectivity index (χ1v) is 10.3. The van der Waals surface area contributed by atoms with Crippen molar-refractivity contribution in [3.05, 3.63) is 97.2 Å². The molecular formula is C23H18N2O5S. The van der Waals surface area contributed by atoms with Gasteiger partial charge in [0.2, 0.25) is 0 Å². The number of nitro benzene ring substituents is 1. The van der Waals surface area contributed by atoms with Gasteiger partial charge in [-0.25, -0.2) is 0 Å². The second-order valence-electron chi connectivity index (χ2n) is 7.26. The number of benzene rings is 2. The van der Waals surface area contributed by atoms with Crippen molar-refractivity contribution in [2.45, 2.75) is 19.9 Å². The van der Waals surface area contributed by atoms with Crippen LogP contribution in [0.2, 0.25) is 0 Å². The number of aryl methyl sites for hydroxylation is 2. The second kappa shape index (κ2) is 7.81. The Balaban J connectivity index is 1.93. The number of thiophene rings is 1. The molecule has 1 N–H and O–H groups in total.